The maximum atomic E-state index is 12.3. The molecular formula is C9H12F3N3O3. The molecule has 1 aromatic rings. The van der Waals surface area contributed by atoms with Crippen LogP contribution in [-0.2, 0) is 22.6 Å². The normalized spacial score (nSPS) is 11.6. The molecule has 1 rings (SSSR count). The van der Waals surface area contributed by atoms with Gasteiger partial charge >= 0.3 is 12.1 Å². The number of halogens is 3. The zero-order valence-electron chi connectivity index (χ0n) is 9.74. The van der Waals surface area contributed by atoms with Gasteiger partial charge < -0.3 is 15.2 Å². The number of nitrogen functional groups attached to an aromatic ring is 1. The Kier molecular flexibility index (Phi) is 4.17. The van der Waals surface area contributed by atoms with Gasteiger partial charge in [0.25, 0.3) is 0 Å². The monoisotopic (exact) mass is 267 g/mol. The molecule has 1 heterocycles. The number of nitrogens with zero attached hydrogens (tertiary/aromatic N) is 2. The number of ether oxygens (including phenoxy) is 2. The minimum atomic E-state index is -4.49. The third kappa shape index (κ3) is 3.13. The number of carbonyl (C=O) groups excluding carboxylic acids is 1. The molecule has 0 aliphatic heterocycles. The molecule has 0 aromatic carbocycles. The molecule has 0 saturated carbocycles. The lowest BCUT2D eigenvalue weighted by molar-refractivity contribution is -0.142. The van der Waals surface area contributed by atoms with Gasteiger partial charge in [-0.05, 0) is 0 Å². The van der Waals surface area contributed by atoms with Crippen molar-refractivity contribution in [3.63, 3.8) is 0 Å². The van der Waals surface area contributed by atoms with E-state index < -0.39 is 18.7 Å². The molecule has 0 radical (unpaired) electrons. The summed E-state index contributed by atoms with van der Waals surface area (Å²) in [5, 5.41) is 3.50. The second-order valence-electron chi connectivity index (χ2n) is 3.41. The molecule has 102 valence electrons. The van der Waals surface area contributed by atoms with Crippen LogP contribution in [0.3, 0.4) is 0 Å². The number of alkyl halides is 3. The van der Waals surface area contributed by atoms with Crippen LogP contribution < -0.4 is 5.73 Å². The Morgan fingerprint density at radius 2 is 2.06 bits per heavy atom. The summed E-state index contributed by atoms with van der Waals surface area (Å²) in [6.45, 7) is -1.51. The first-order valence-electron chi connectivity index (χ1n) is 4.79. The van der Waals surface area contributed by atoms with Gasteiger partial charge in [-0.15, -0.1) is 0 Å². The Labute approximate surface area is 100 Å². The van der Waals surface area contributed by atoms with Crippen LogP contribution in [0.25, 0.3) is 0 Å². The number of methoxy groups -OCH3 is 2. The van der Waals surface area contributed by atoms with Crippen molar-refractivity contribution in [2.45, 2.75) is 19.3 Å². The maximum Gasteiger partial charge on any atom is 0.408 e. The van der Waals surface area contributed by atoms with Crippen LogP contribution in [0.1, 0.15) is 16.1 Å². The lowest BCUT2D eigenvalue weighted by Gasteiger charge is -2.07. The summed E-state index contributed by atoms with van der Waals surface area (Å²) in [7, 11) is 2.42. The number of hydrogen-bond acceptors (Lipinski definition) is 5. The number of hydrogen-bond donors (Lipinski definition) is 1. The van der Waals surface area contributed by atoms with Gasteiger partial charge in [0, 0.05) is 7.11 Å². The first-order valence-corrected chi connectivity index (χ1v) is 4.79. The zero-order chi connectivity index (χ0) is 13.9. The quantitative estimate of drug-likeness (QED) is 0.822. The first kappa shape index (κ1) is 14.3. The Morgan fingerprint density at radius 1 is 1.44 bits per heavy atom. The van der Waals surface area contributed by atoms with E-state index in [-0.39, 0.29) is 23.7 Å². The van der Waals surface area contributed by atoms with Crippen LogP contribution in [-0.4, -0.2) is 36.1 Å². The Balaban J connectivity index is 3.18. The average Bonchev–Trinajstić information content (AvgIpc) is 2.55. The number of anilines is 1. The Bertz CT molecular complexity index is 442. The highest BCUT2D eigenvalue weighted by atomic mass is 19.4. The van der Waals surface area contributed by atoms with Crippen LogP contribution in [0, 0.1) is 0 Å². The number of nitrogens with two attached hydrogens (primary N) is 1. The third-order valence-electron chi connectivity index (χ3n) is 2.09. The fourth-order valence-corrected chi connectivity index (χ4v) is 1.35. The fourth-order valence-electron chi connectivity index (χ4n) is 1.35. The summed E-state index contributed by atoms with van der Waals surface area (Å²) in [5.41, 5.74) is 5.30. The molecule has 0 spiro atoms. The molecule has 2 N–H and O–H groups in total. The van der Waals surface area contributed by atoms with Gasteiger partial charge in [0.2, 0.25) is 0 Å². The largest absolute Gasteiger partial charge is 0.464 e. The highest BCUT2D eigenvalue weighted by Gasteiger charge is 2.32. The predicted octanol–water partition coefficient (Wildman–Crippen LogP) is 0.961. The summed E-state index contributed by atoms with van der Waals surface area (Å²) < 4.78 is 46.5. The van der Waals surface area contributed by atoms with E-state index in [9.17, 15) is 18.0 Å². The molecule has 0 fully saturated rings. The van der Waals surface area contributed by atoms with E-state index in [0.717, 1.165) is 7.11 Å². The molecular weight excluding hydrogens is 255 g/mol. The van der Waals surface area contributed by atoms with E-state index in [1.54, 1.807) is 0 Å². The zero-order valence-corrected chi connectivity index (χ0v) is 9.74. The smallest absolute Gasteiger partial charge is 0.408 e. The van der Waals surface area contributed by atoms with Gasteiger partial charge in [-0.3, -0.25) is 0 Å². The van der Waals surface area contributed by atoms with E-state index in [1.807, 2.05) is 0 Å². The molecule has 0 aliphatic rings. The highest BCUT2D eigenvalue weighted by Crippen LogP contribution is 2.24. The second-order valence-corrected chi connectivity index (χ2v) is 3.41. The van der Waals surface area contributed by atoms with Gasteiger partial charge in [-0.25, -0.2) is 9.48 Å². The molecule has 0 aliphatic carbocycles. The third-order valence-corrected chi connectivity index (χ3v) is 2.09. The average molecular weight is 267 g/mol. The summed E-state index contributed by atoms with van der Waals surface area (Å²) in [6, 6.07) is 0. The van der Waals surface area contributed by atoms with Crippen molar-refractivity contribution in [2.24, 2.45) is 0 Å². The van der Waals surface area contributed by atoms with Crippen molar-refractivity contribution in [2.75, 3.05) is 20.0 Å². The Morgan fingerprint density at radius 3 is 2.50 bits per heavy atom. The summed E-state index contributed by atoms with van der Waals surface area (Å²) in [5.74, 6) is -1.13. The molecule has 0 atom stereocenters. The van der Waals surface area contributed by atoms with Crippen molar-refractivity contribution in [1.82, 2.24) is 9.78 Å². The molecule has 0 bridgehead atoms. The number of aromatic nitrogens is 2. The van der Waals surface area contributed by atoms with Gasteiger partial charge in [-0.1, -0.05) is 0 Å². The van der Waals surface area contributed by atoms with Gasteiger partial charge in [-0.2, -0.15) is 18.3 Å². The van der Waals surface area contributed by atoms with E-state index in [0.29, 0.717) is 4.68 Å². The summed E-state index contributed by atoms with van der Waals surface area (Å²) >= 11 is 0. The van der Waals surface area contributed by atoms with E-state index >= 15 is 0 Å². The van der Waals surface area contributed by atoms with Crippen LogP contribution >= 0.6 is 0 Å². The molecule has 1 aromatic heterocycles. The summed E-state index contributed by atoms with van der Waals surface area (Å²) in [6.07, 6.45) is -4.49. The topological polar surface area (TPSA) is 79.4 Å². The SMILES string of the molecule is COCc1c(C(=O)OC)nn(CC(F)(F)F)c1N. The molecule has 18 heavy (non-hydrogen) atoms. The highest BCUT2D eigenvalue weighted by molar-refractivity contribution is 5.90. The minimum Gasteiger partial charge on any atom is -0.464 e. The van der Waals surface area contributed by atoms with Gasteiger partial charge in [0.05, 0.1) is 19.3 Å². The predicted molar refractivity (Wildman–Crippen MR) is 54.7 cm³/mol. The maximum absolute atomic E-state index is 12.3. The van der Waals surface area contributed by atoms with Crippen LogP contribution in [0.5, 0.6) is 0 Å². The van der Waals surface area contributed by atoms with E-state index in [2.05, 4.69) is 9.84 Å². The first-order chi connectivity index (χ1) is 8.30. The molecule has 9 heteroatoms. The van der Waals surface area contributed by atoms with Crippen molar-refractivity contribution in [3.05, 3.63) is 11.3 Å². The van der Waals surface area contributed by atoms with Crippen molar-refractivity contribution < 1.29 is 27.4 Å². The van der Waals surface area contributed by atoms with Crippen LogP contribution in [0.4, 0.5) is 19.0 Å². The minimum absolute atomic E-state index is 0.0774. The van der Waals surface area contributed by atoms with E-state index in [1.165, 1.54) is 7.11 Å². The Hall–Kier alpha value is -1.77. The standard InChI is InChI=1S/C9H12F3N3O3/c1-17-3-5-6(8(16)18-2)14-15(7(5)13)4-9(10,11)12/h3-4,13H2,1-2H3. The summed E-state index contributed by atoms with van der Waals surface area (Å²) in [4.78, 5) is 11.3. The van der Waals surface area contributed by atoms with Crippen molar-refractivity contribution in [1.29, 1.82) is 0 Å². The van der Waals surface area contributed by atoms with E-state index in [4.69, 9.17) is 10.5 Å². The molecule has 0 unspecified atom stereocenters. The number of esters is 1. The molecule has 6 nitrogen and oxygen atoms in total. The van der Waals surface area contributed by atoms with Crippen molar-refractivity contribution >= 4 is 11.8 Å². The van der Waals surface area contributed by atoms with Gasteiger partial charge in [0.1, 0.15) is 12.4 Å². The molecule has 0 saturated heterocycles. The fraction of sp³-hybridized carbons (Fsp3) is 0.556. The number of rotatable bonds is 4. The molecule has 0 amide bonds. The van der Waals surface area contributed by atoms with Crippen LogP contribution in [0.2, 0.25) is 0 Å². The second kappa shape index (κ2) is 5.25. The van der Waals surface area contributed by atoms with Crippen molar-refractivity contribution in [3.8, 4) is 0 Å². The number of carbonyl (C=O) groups is 1. The van der Waals surface area contributed by atoms with Crippen LogP contribution in [0.15, 0.2) is 0 Å². The lowest BCUT2D eigenvalue weighted by atomic mass is 10.2. The lowest BCUT2D eigenvalue weighted by Crippen LogP contribution is -2.20. The van der Waals surface area contributed by atoms with Gasteiger partial charge in [0.15, 0.2) is 5.69 Å².